The molecule has 0 spiro atoms. The molecule has 1 aromatic carbocycles. The van der Waals surface area contributed by atoms with Gasteiger partial charge in [0.25, 0.3) is 0 Å². The quantitative estimate of drug-likeness (QED) is 0.511. The molecule has 34 heavy (non-hydrogen) atoms. The second kappa shape index (κ2) is 8.48. The van der Waals surface area contributed by atoms with Crippen molar-refractivity contribution in [1.82, 2.24) is 15.2 Å². The molecular formula is C24H22F4N4O2. The first-order valence-corrected chi connectivity index (χ1v) is 11.1. The third kappa shape index (κ3) is 4.28. The number of aromatic nitrogens is 3. The van der Waals surface area contributed by atoms with Crippen LogP contribution in [0.3, 0.4) is 0 Å². The highest BCUT2D eigenvalue weighted by atomic mass is 19.4. The van der Waals surface area contributed by atoms with E-state index >= 15 is 0 Å². The van der Waals surface area contributed by atoms with Crippen LogP contribution in [-0.4, -0.2) is 27.2 Å². The smallest absolute Gasteiger partial charge is 0.435 e. The molecule has 2 aliphatic carbocycles. The minimum atomic E-state index is -4.58. The van der Waals surface area contributed by atoms with Crippen molar-refractivity contribution < 1.29 is 27.1 Å². The first-order chi connectivity index (χ1) is 16.2. The number of benzene rings is 1. The predicted octanol–water partition coefficient (Wildman–Crippen LogP) is 5.25. The van der Waals surface area contributed by atoms with Gasteiger partial charge in [-0.25, -0.2) is 4.39 Å². The molecule has 2 heterocycles. The van der Waals surface area contributed by atoms with Gasteiger partial charge >= 0.3 is 6.18 Å². The second-order valence-electron chi connectivity index (χ2n) is 9.10. The number of hydrogen-bond donors (Lipinski definition) is 1. The lowest BCUT2D eigenvalue weighted by Crippen LogP contribution is -2.34. The Morgan fingerprint density at radius 1 is 1.09 bits per heavy atom. The SMILES string of the molecule is CC(C(=O)Nc1ccc(C(F)(F)F)nn1)[C@@H]1CC2C[C@H]1C[C@H]2Oc1ccnc2ccc(F)cc12. The van der Waals surface area contributed by atoms with Gasteiger partial charge in [0, 0.05) is 17.5 Å². The molecule has 2 aliphatic rings. The van der Waals surface area contributed by atoms with Crippen LogP contribution >= 0.6 is 0 Å². The standard InChI is InChI=1S/C24H22F4N4O2/c1-12(23(33)30-22-5-4-21(31-32-22)24(26,27)28)16-9-14-8-13(16)10-20(14)34-19-6-7-29-18-3-2-15(25)11-17(18)19/h2-7,11-14,16,20H,8-10H2,1H3,(H,30,32,33)/t12?,13-,14?,16-,20+/m0/s1. The molecule has 6 nitrogen and oxygen atoms in total. The molecule has 5 atom stereocenters. The molecule has 2 unspecified atom stereocenters. The number of rotatable bonds is 5. The third-order valence-corrected chi connectivity index (χ3v) is 7.05. The number of anilines is 1. The van der Waals surface area contributed by atoms with E-state index in [1.54, 1.807) is 18.3 Å². The number of nitrogens with zero attached hydrogens (tertiary/aromatic N) is 3. The molecule has 2 bridgehead atoms. The van der Waals surface area contributed by atoms with Crippen LogP contribution in [0.4, 0.5) is 23.4 Å². The summed E-state index contributed by atoms with van der Waals surface area (Å²) >= 11 is 0. The Morgan fingerprint density at radius 3 is 2.59 bits per heavy atom. The fourth-order valence-corrected chi connectivity index (χ4v) is 5.37. The number of pyridine rings is 1. The summed E-state index contributed by atoms with van der Waals surface area (Å²) in [7, 11) is 0. The molecule has 2 fully saturated rings. The van der Waals surface area contributed by atoms with Crippen LogP contribution in [-0.2, 0) is 11.0 Å². The molecule has 178 valence electrons. The van der Waals surface area contributed by atoms with Crippen LogP contribution in [0.15, 0.2) is 42.6 Å². The van der Waals surface area contributed by atoms with Gasteiger partial charge in [0.05, 0.1) is 5.52 Å². The Balaban J connectivity index is 1.21. The number of nitrogens with one attached hydrogen (secondary N) is 1. The lowest BCUT2D eigenvalue weighted by molar-refractivity contribution is -0.141. The van der Waals surface area contributed by atoms with Crippen LogP contribution in [0.1, 0.15) is 31.9 Å². The van der Waals surface area contributed by atoms with Crippen LogP contribution < -0.4 is 10.1 Å². The van der Waals surface area contributed by atoms with Gasteiger partial charge in [-0.05, 0) is 73.4 Å². The molecule has 1 N–H and O–H groups in total. The van der Waals surface area contributed by atoms with Gasteiger partial charge in [0.2, 0.25) is 5.91 Å². The maximum atomic E-state index is 13.7. The van der Waals surface area contributed by atoms with Gasteiger partial charge in [0.1, 0.15) is 17.7 Å². The summed E-state index contributed by atoms with van der Waals surface area (Å²) in [6.07, 6.45) is -0.439. The average Bonchev–Trinajstić information content (AvgIpc) is 3.39. The summed E-state index contributed by atoms with van der Waals surface area (Å²) in [5.41, 5.74) is -0.445. The number of ether oxygens (including phenoxy) is 1. The van der Waals surface area contributed by atoms with Crippen molar-refractivity contribution in [1.29, 1.82) is 0 Å². The Labute approximate surface area is 192 Å². The van der Waals surface area contributed by atoms with Crippen molar-refractivity contribution in [2.24, 2.45) is 23.7 Å². The van der Waals surface area contributed by atoms with E-state index in [1.807, 2.05) is 6.92 Å². The van der Waals surface area contributed by atoms with Crippen molar-refractivity contribution in [3.63, 3.8) is 0 Å². The van der Waals surface area contributed by atoms with E-state index in [1.165, 1.54) is 12.1 Å². The number of halogens is 4. The van der Waals surface area contributed by atoms with E-state index in [4.69, 9.17) is 4.74 Å². The lowest BCUT2D eigenvalue weighted by atomic mass is 9.79. The minimum absolute atomic E-state index is 0.00832. The van der Waals surface area contributed by atoms with Crippen molar-refractivity contribution in [3.8, 4) is 5.75 Å². The van der Waals surface area contributed by atoms with E-state index in [9.17, 15) is 22.4 Å². The molecule has 0 saturated heterocycles. The largest absolute Gasteiger partial charge is 0.489 e. The van der Waals surface area contributed by atoms with E-state index in [0.29, 0.717) is 22.6 Å². The summed E-state index contributed by atoms with van der Waals surface area (Å²) in [6.45, 7) is 1.83. The maximum Gasteiger partial charge on any atom is 0.435 e. The zero-order valence-electron chi connectivity index (χ0n) is 18.2. The summed E-state index contributed by atoms with van der Waals surface area (Å²) in [5.74, 6) is 0.314. The van der Waals surface area contributed by atoms with E-state index in [-0.39, 0.29) is 41.4 Å². The molecular weight excluding hydrogens is 452 g/mol. The fourth-order valence-electron chi connectivity index (χ4n) is 5.37. The van der Waals surface area contributed by atoms with E-state index < -0.39 is 11.9 Å². The first kappa shape index (κ1) is 22.5. The van der Waals surface area contributed by atoms with Crippen LogP contribution in [0, 0.1) is 29.5 Å². The van der Waals surface area contributed by atoms with Crippen molar-refractivity contribution in [2.45, 2.75) is 38.5 Å². The summed E-state index contributed by atoms with van der Waals surface area (Å²) < 4.78 is 58.0. The topological polar surface area (TPSA) is 77.0 Å². The third-order valence-electron chi connectivity index (χ3n) is 7.05. The minimum Gasteiger partial charge on any atom is -0.489 e. The summed E-state index contributed by atoms with van der Waals surface area (Å²) in [4.78, 5) is 17.0. The first-order valence-electron chi connectivity index (χ1n) is 11.1. The van der Waals surface area contributed by atoms with Crippen LogP contribution in [0.5, 0.6) is 5.75 Å². The molecule has 3 aromatic rings. The Hall–Kier alpha value is -3.30. The van der Waals surface area contributed by atoms with Gasteiger partial charge in [0.15, 0.2) is 11.5 Å². The number of alkyl halides is 3. The number of hydrogen-bond acceptors (Lipinski definition) is 5. The van der Waals surface area contributed by atoms with Gasteiger partial charge in [-0.1, -0.05) is 6.92 Å². The molecule has 0 aliphatic heterocycles. The Kier molecular flexibility index (Phi) is 5.61. The van der Waals surface area contributed by atoms with Crippen molar-refractivity contribution >= 4 is 22.6 Å². The van der Waals surface area contributed by atoms with Crippen LogP contribution in [0.2, 0.25) is 0 Å². The molecule has 1 amide bonds. The highest BCUT2D eigenvalue weighted by Gasteiger charge is 2.50. The number of carbonyl (C=O) groups is 1. The van der Waals surface area contributed by atoms with Crippen molar-refractivity contribution in [2.75, 3.05) is 5.32 Å². The molecule has 2 saturated carbocycles. The highest BCUT2D eigenvalue weighted by Crippen LogP contribution is 2.52. The highest BCUT2D eigenvalue weighted by molar-refractivity contribution is 5.91. The lowest BCUT2D eigenvalue weighted by Gasteiger charge is -2.31. The number of fused-ring (bicyclic) bond motifs is 3. The van der Waals surface area contributed by atoms with E-state index in [2.05, 4.69) is 20.5 Å². The van der Waals surface area contributed by atoms with Crippen LogP contribution in [0.25, 0.3) is 10.9 Å². The normalized spacial score (nSPS) is 24.9. The van der Waals surface area contributed by atoms with Gasteiger partial charge in [-0.2, -0.15) is 13.2 Å². The molecule has 2 aromatic heterocycles. The fraction of sp³-hybridized carbons (Fsp3) is 0.417. The van der Waals surface area contributed by atoms with Gasteiger partial charge in [-0.3, -0.25) is 9.78 Å². The monoisotopic (exact) mass is 474 g/mol. The molecule has 0 radical (unpaired) electrons. The summed E-state index contributed by atoms with van der Waals surface area (Å²) in [5, 5.41) is 9.83. The Bertz CT molecular complexity index is 1220. The predicted molar refractivity (Wildman–Crippen MR) is 115 cm³/mol. The molecule has 10 heteroatoms. The zero-order valence-corrected chi connectivity index (χ0v) is 18.2. The van der Waals surface area contributed by atoms with Gasteiger partial charge < -0.3 is 10.1 Å². The summed E-state index contributed by atoms with van der Waals surface area (Å²) in [6, 6.07) is 8.05. The maximum absolute atomic E-state index is 13.7. The van der Waals surface area contributed by atoms with Crippen molar-refractivity contribution in [3.05, 3.63) is 54.1 Å². The van der Waals surface area contributed by atoms with Gasteiger partial charge in [-0.15, -0.1) is 10.2 Å². The zero-order chi connectivity index (χ0) is 24.0. The second-order valence-corrected chi connectivity index (χ2v) is 9.10. The average molecular weight is 474 g/mol. The molecule has 5 rings (SSSR count). The number of carbonyl (C=O) groups excluding carboxylic acids is 1. The Morgan fingerprint density at radius 2 is 1.91 bits per heavy atom. The van der Waals surface area contributed by atoms with E-state index in [0.717, 1.165) is 31.4 Å². The number of amides is 1.